The molecule has 1 aromatic rings. The lowest BCUT2D eigenvalue weighted by atomic mass is 9.98. The Kier molecular flexibility index (Phi) is 10.7. The first kappa shape index (κ1) is 25.2. The number of rotatable bonds is 12. The zero-order valence-electron chi connectivity index (χ0n) is 20.4. The van der Waals surface area contributed by atoms with Crippen molar-refractivity contribution in [2.75, 3.05) is 32.8 Å². The average molecular weight is 452 g/mol. The second-order valence-corrected chi connectivity index (χ2v) is 9.21. The van der Waals surface area contributed by atoms with Gasteiger partial charge in [0, 0.05) is 19.3 Å². The predicted octanol–water partition coefficient (Wildman–Crippen LogP) is 5.41. The Hall–Kier alpha value is -2.40. The highest BCUT2D eigenvalue weighted by molar-refractivity contribution is 6.11. The molecule has 5 nitrogen and oxygen atoms in total. The molecule has 0 unspecified atom stereocenters. The van der Waals surface area contributed by atoms with Crippen LogP contribution in [0.25, 0.3) is 5.57 Å². The van der Waals surface area contributed by atoms with Crippen molar-refractivity contribution in [3.63, 3.8) is 0 Å². The van der Waals surface area contributed by atoms with Crippen molar-refractivity contribution in [3.05, 3.63) is 48.1 Å². The third-order valence-corrected chi connectivity index (χ3v) is 6.65. The molecule has 0 bridgehead atoms. The van der Waals surface area contributed by atoms with E-state index in [4.69, 9.17) is 4.74 Å². The molecule has 1 aliphatic heterocycles. The maximum Gasteiger partial charge on any atom is 0.241 e. The number of benzene rings is 1. The van der Waals surface area contributed by atoms with Crippen LogP contribution in [0.2, 0.25) is 0 Å². The Morgan fingerprint density at radius 3 is 2.73 bits per heavy atom. The van der Waals surface area contributed by atoms with Gasteiger partial charge in [-0.05, 0) is 74.0 Å². The number of carbonyl (C=O) groups is 1. The van der Waals surface area contributed by atoms with Gasteiger partial charge in [0.2, 0.25) is 5.91 Å². The molecule has 180 valence electrons. The van der Waals surface area contributed by atoms with Crippen LogP contribution in [0.4, 0.5) is 0 Å². The molecular formula is C28H41N3O2. The van der Waals surface area contributed by atoms with Crippen molar-refractivity contribution in [2.45, 2.75) is 64.8 Å². The molecule has 0 atom stereocenters. The van der Waals surface area contributed by atoms with E-state index in [1.807, 2.05) is 25.3 Å². The lowest BCUT2D eigenvalue weighted by molar-refractivity contribution is -0.119. The molecule has 5 heteroatoms. The van der Waals surface area contributed by atoms with Crippen molar-refractivity contribution >= 4 is 17.7 Å². The van der Waals surface area contributed by atoms with E-state index in [0.29, 0.717) is 6.61 Å². The van der Waals surface area contributed by atoms with E-state index in [1.165, 1.54) is 50.5 Å². The molecule has 2 fully saturated rings. The van der Waals surface area contributed by atoms with Gasteiger partial charge in [0.15, 0.2) is 0 Å². The van der Waals surface area contributed by atoms with Gasteiger partial charge in [-0.2, -0.15) is 0 Å². The fourth-order valence-electron chi connectivity index (χ4n) is 4.92. The van der Waals surface area contributed by atoms with Crippen molar-refractivity contribution in [1.82, 2.24) is 10.2 Å². The average Bonchev–Trinajstić information content (AvgIpc) is 3.33. The number of nitrogens with one attached hydrogen (secondary N) is 1. The zero-order valence-corrected chi connectivity index (χ0v) is 20.4. The molecule has 0 spiro atoms. The van der Waals surface area contributed by atoms with E-state index in [9.17, 15) is 4.79 Å². The van der Waals surface area contributed by atoms with Gasteiger partial charge in [-0.1, -0.05) is 56.9 Å². The molecule has 1 aromatic carbocycles. The number of nitrogens with zero attached hydrogens (tertiary/aromatic N) is 2. The van der Waals surface area contributed by atoms with E-state index < -0.39 is 0 Å². The van der Waals surface area contributed by atoms with Crippen LogP contribution >= 0.6 is 0 Å². The van der Waals surface area contributed by atoms with E-state index in [0.717, 1.165) is 55.4 Å². The highest BCUT2D eigenvalue weighted by atomic mass is 16.5. The summed E-state index contributed by atoms with van der Waals surface area (Å²) >= 11 is 0. The minimum atomic E-state index is -0.0116. The van der Waals surface area contributed by atoms with E-state index in [1.54, 1.807) is 6.08 Å². The molecule has 33 heavy (non-hydrogen) atoms. The number of piperidine rings is 1. The lowest BCUT2D eigenvalue weighted by Crippen LogP contribution is -2.29. The maximum atomic E-state index is 12.3. The predicted molar refractivity (Wildman–Crippen MR) is 138 cm³/mol. The number of aliphatic imine (C=N–C) groups is 1. The van der Waals surface area contributed by atoms with Crippen molar-refractivity contribution in [2.24, 2.45) is 10.9 Å². The minimum absolute atomic E-state index is 0.0116. The molecule has 1 N–H and O–H groups in total. The second-order valence-electron chi connectivity index (χ2n) is 9.21. The molecular weight excluding hydrogens is 410 g/mol. The summed E-state index contributed by atoms with van der Waals surface area (Å²) < 4.78 is 5.77. The van der Waals surface area contributed by atoms with Crippen LogP contribution in [0, 0.1) is 5.92 Å². The van der Waals surface area contributed by atoms with Gasteiger partial charge in [0.05, 0.1) is 6.61 Å². The van der Waals surface area contributed by atoms with Crippen LogP contribution < -0.4 is 10.1 Å². The largest absolute Gasteiger partial charge is 0.494 e. The Morgan fingerprint density at radius 2 is 2.00 bits per heavy atom. The van der Waals surface area contributed by atoms with E-state index in [2.05, 4.69) is 33.9 Å². The summed E-state index contributed by atoms with van der Waals surface area (Å²) in [6.45, 7) is 10.6. The molecule has 0 radical (unpaired) electrons. The molecule has 1 amide bonds. The molecule has 1 heterocycles. The zero-order chi connectivity index (χ0) is 23.3. The standard InChI is InChI=1S/C28H41N3O2/c1-3-10-24(20-29-21-28(32)30-16-15-23-11-6-7-12-23)27-14-13-26(33-4-2)19-25(27)22-31-17-8-5-9-18-31/h3,10,13-14,19-20,23H,1,4-9,11-12,15-18,21-22H2,2H3,(H,30,32)/b24-10+,29-20-. The van der Waals surface area contributed by atoms with Crippen LogP contribution in [0.3, 0.4) is 0 Å². The fourth-order valence-corrected chi connectivity index (χ4v) is 4.92. The number of amides is 1. The highest BCUT2D eigenvalue weighted by Crippen LogP contribution is 2.27. The smallest absolute Gasteiger partial charge is 0.241 e. The Bertz CT molecular complexity index is 818. The molecule has 0 aromatic heterocycles. The molecule has 1 saturated heterocycles. The summed E-state index contributed by atoms with van der Waals surface area (Å²) in [7, 11) is 0. The fraction of sp³-hybridized carbons (Fsp3) is 0.571. The number of likely N-dealkylation sites (tertiary alicyclic amines) is 1. The van der Waals surface area contributed by atoms with Crippen molar-refractivity contribution in [1.29, 1.82) is 0 Å². The van der Waals surface area contributed by atoms with Crippen LogP contribution in [0.15, 0.2) is 41.9 Å². The van der Waals surface area contributed by atoms with Gasteiger partial charge in [-0.25, -0.2) is 0 Å². The number of carbonyl (C=O) groups excluding carboxylic acids is 1. The summed E-state index contributed by atoms with van der Waals surface area (Å²) in [5.41, 5.74) is 3.32. The van der Waals surface area contributed by atoms with Gasteiger partial charge >= 0.3 is 0 Å². The number of hydrogen-bond acceptors (Lipinski definition) is 4. The SMILES string of the molecule is C=C/C=C(\C=N/CC(=O)NCCC1CCCC1)c1ccc(OCC)cc1CN1CCCCC1. The van der Waals surface area contributed by atoms with Crippen molar-refractivity contribution in [3.8, 4) is 5.75 Å². The lowest BCUT2D eigenvalue weighted by Gasteiger charge is -2.27. The van der Waals surface area contributed by atoms with Crippen LogP contribution in [-0.4, -0.2) is 49.8 Å². The van der Waals surface area contributed by atoms with Gasteiger partial charge < -0.3 is 10.1 Å². The third kappa shape index (κ3) is 8.47. The van der Waals surface area contributed by atoms with Gasteiger partial charge in [-0.3, -0.25) is 14.7 Å². The second kappa shape index (κ2) is 14.0. The number of hydrogen-bond donors (Lipinski definition) is 1. The van der Waals surface area contributed by atoms with Crippen molar-refractivity contribution < 1.29 is 9.53 Å². The molecule has 1 aliphatic carbocycles. The monoisotopic (exact) mass is 451 g/mol. The summed E-state index contributed by atoms with van der Waals surface area (Å²) in [4.78, 5) is 19.2. The maximum absolute atomic E-state index is 12.3. The Labute approximate surface area is 200 Å². The number of ether oxygens (including phenoxy) is 1. The summed E-state index contributed by atoms with van der Waals surface area (Å²) in [6.07, 6.45) is 15.8. The van der Waals surface area contributed by atoms with Gasteiger partial charge in [-0.15, -0.1) is 0 Å². The summed E-state index contributed by atoms with van der Waals surface area (Å²) in [5, 5.41) is 3.03. The van der Waals surface area contributed by atoms with E-state index >= 15 is 0 Å². The molecule has 1 saturated carbocycles. The van der Waals surface area contributed by atoms with E-state index in [-0.39, 0.29) is 12.5 Å². The molecule has 2 aliphatic rings. The van der Waals surface area contributed by atoms with Crippen LogP contribution in [0.1, 0.15) is 69.4 Å². The minimum Gasteiger partial charge on any atom is -0.494 e. The quantitative estimate of drug-likeness (QED) is 0.342. The third-order valence-electron chi connectivity index (χ3n) is 6.65. The first-order chi connectivity index (χ1) is 16.2. The first-order valence-electron chi connectivity index (χ1n) is 12.8. The van der Waals surface area contributed by atoms with Gasteiger partial charge in [0.25, 0.3) is 0 Å². The highest BCUT2D eigenvalue weighted by Gasteiger charge is 2.16. The Balaban J connectivity index is 1.64. The van der Waals surface area contributed by atoms with Gasteiger partial charge in [0.1, 0.15) is 12.3 Å². The topological polar surface area (TPSA) is 53.9 Å². The number of allylic oxidation sites excluding steroid dienone is 3. The Morgan fingerprint density at radius 1 is 1.21 bits per heavy atom. The van der Waals surface area contributed by atoms with Crippen LogP contribution in [0.5, 0.6) is 5.75 Å². The molecule has 3 rings (SSSR count). The normalized spacial score (nSPS) is 18.0. The van der Waals surface area contributed by atoms with Crippen LogP contribution in [-0.2, 0) is 11.3 Å². The summed E-state index contributed by atoms with van der Waals surface area (Å²) in [6, 6.07) is 6.26. The first-order valence-corrected chi connectivity index (χ1v) is 12.8. The summed E-state index contributed by atoms with van der Waals surface area (Å²) in [5.74, 6) is 1.67.